The van der Waals surface area contributed by atoms with E-state index in [9.17, 15) is 0 Å². The fraction of sp³-hybridized carbons (Fsp3) is 0.111. The van der Waals surface area contributed by atoms with E-state index in [0.717, 1.165) is 0 Å². The maximum atomic E-state index is 2.57. The molecule has 5 rings (SSSR count). The van der Waals surface area contributed by atoms with Crippen LogP contribution in [0.2, 0.25) is 0 Å². The second kappa shape index (κ2) is 9.51. The van der Waals surface area contributed by atoms with E-state index in [-0.39, 0.29) is 4.90 Å². The number of hydrogen-bond donors (Lipinski definition) is 0. The highest BCUT2D eigenvalue weighted by Crippen LogP contribution is 2.77. The molecule has 0 radical (unpaired) electrons. The first-order valence-corrected chi connectivity index (χ1v) is 15.4. The van der Waals surface area contributed by atoms with Crippen molar-refractivity contribution in [3.63, 3.8) is 0 Å². The van der Waals surface area contributed by atoms with E-state index in [1.54, 1.807) is 0 Å². The molecule has 4 heteroatoms. The lowest BCUT2D eigenvalue weighted by Crippen LogP contribution is -2.39. The maximum Gasteiger partial charge on any atom is 0.0854 e. The lowest BCUT2D eigenvalue weighted by Gasteiger charge is -2.44. The van der Waals surface area contributed by atoms with Crippen LogP contribution in [0.5, 0.6) is 0 Å². The molecule has 4 aromatic rings. The molecule has 4 aromatic carbocycles. The minimum atomic E-state index is -0.573. The largest absolute Gasteiger partial charge is 0.0854 e. The number of benzene rings is 4. The van der Waals surface area contributed by atoms with Gasteiger partial charge in [-0.1, -0.05) is 143 Å². The maximum absolute atomic E-state index is 2.57. The summed E-state index contributed by atoms with van der Waals surface area (Å²) in [5, 5.41) is 5.88. The van der Waals surface area contributed by atoms with E-state index in [2.05, 4.69) is 150 Å². The van der Waals surface area contributed by atoms with Crippen molar-refractivity contribution in [2.45, 2.75) is 16.4 Å². The van der Waals surface area contributed by atoms with Gasteiger partial charge in [0, 0.05) is 4.90 Å². The molecule has 0 aromatic heterocycles. The molecular weight excluding hydrogens is 450 g/mol. The molecular formula is C27H24P2S2. The highest BCUT2D eigenvalue weighted by atomic mass is 33.2. The molecule has 1 fully saturated rings. The predicted molar refractivity (Wildman–Crippen MR) is 146 cm³/mol. The summed E-state index contributed by atoms with van der Waals surface area (Å²) in [7, 11) is 2.97. The Morgan fingerprint density at radius 2 is 0.742 bits per heavy atom. The van der Waals surface area contributed by atoms with Crippen molar-refractivity contribution in [3.8, 4) is 0 Å². The molecule has 1 aliphatic heterocycles. The van der Waals surface area contributed by atoms with E-state index in [0.29, 0.717) is 4.58 Å². The van der Waals surface area contributed by atoms with Gasteiger partial charge in [-0.25, -0.2) is 0 Å². The molecule has 1 saturated heterocycles. The summed E-state index contributed by atoms with van der Waals surface area (Å²) in [6.07, 6.45) is 0. The first-order valence-electron chi connectivity index (χ1n) is 10.4. The summed E-state index contributed by atoms with van der Waals surface area (Å²) >= 11 is 0. The van der Waals surface area contributed by atoms with Crippen LogP contribution in [-0.4, -0.2) is 9.48 Å². The number of rotatable bonds is 7. The molecule has 1 heterocycles. The van der Waals surface area contributed by atoms with E-state index in [1.807, 2.05) is 0 Å². The summed E-state index contributed by atoms with van der Waals surface area (Å²) in [5.74, 6) is 0. The molecule has 0 N–H and O–H groups in total. The molecule has 0 unspecified atom stereocenters. The standard InChI is InChI=1S/C27H24P2S2/c1-27(26-30-31-26,28(22-14-6-2-7-15-22)23-16-8-3-9-17-23)29(24-18-10-4-11-19-24)25-20-12-5-13-21-25/h2-21,26H,1H3. The predicted octanol–water partition coefficient (Wildman–Crippen LogP) is 6.69. The van der Waals surface area contributed by atoms with Crippen LogP contribution in [0.15, 0.2) is 121 Å². The Labute approximate surface area is 195 Å². The van der Waals surface area contributed by atoms with Gasteiger partial charge in [-0.05, 0) is 44.0 Å². The molecule has 1 aliphatic rings. The SMILES string of the molecule is CC(C1SS1)(P(c1ccccc1)c1ccccc1)P(c1ccccc1)c1ccccc1. The van der Waals surface area contributed by atoms with Crippen molar-refractivity contribution in [1.29, 1.82) is 0 Å². The third kappa shape index (κ3) is 4.37. The Kier molecular flexibility index (Phi) is 6.54. The lowest BCUT2D eigenvalue weighted by molar-refractivity contribution is 0.996. The van der Waals surface area contributed by atoms with Crippen LogP contribution in [-0.2, 0) is 0 Å². The quantitative estimate of drug-likeness (QED) is 0.166. The molecule has 0 saturated carbocycles. The smallest absolute Gasteiger partial charge is 0.0762 e. The van der Waals surface area contributed by atoms with Crippen LogP contribution in [0.3, 0.4) is 0 Å². The fourth-order valence-corrected chi connectivity index (χ4v) is 15.8. The normalized spacial score (nSPS) is 14.2. The Bertz CT molecular complexity index is 939. The van der Waals surface area contributed by atoms with Gasteiger partial charge in [-0.15, -0.1) is 0 Å². The molecule has 0 aliphatic carbocycles. The van der Waals surface area contributed by atoms with Crippen LogP contribution in [0, 0.1) is 0 Å². The van der Waals surface area contributed by atoms with Crippen molar-refractivity contribution in [2.24, 2.45) is 0 Å². The van der Waals surface area contributed by atoms with Gasteiger partial charge in [0.1, 0.15) is 0 Å². The summed E-state index contributed by atoms with van der Waals surface area (Å²) in [6.45, 7) is 2.57. The fourth-order valence-electron chi connectivity index (χ4n) is 4.17. The van der Waals surface area contributed by atoms with Crippen molar-refractivity contribution >= 4 is 58.6 Å². The molecule has 0 atom stereocenters. The van der Waals surface area contributed by atoms with E-state index >= 15 is 0 Å². The van der Waals surface area contributed by atoms with E-state index in [4.69, 9.17) is 0 Å². The molecule has 0 nitrogen and oxygen atoms in total. The van der Waals surface area contributed by atoms with Gasteiger partial charge < -0.3 is 0 Å². The minimum Gasteiger partial charge on any atom is -0.0762 e. The van der Waals surface area contributed by atoms with Gasteiger partial charge in [0.05, 0.1) is 4.58 Å². The van der Waals surface area contributed by atoms with Crippen LogP contribution < -0.4 is 21.2 Å². The average Bonchev–Trinajstić information content (AvgIpc) is 3.68. The average molecular weight is 475 g/mol. The Hall–Kier alpha value is -1.56. The highest BCUT2D eigenvalue weighted by molar-refractivity contribution is 8.93. The van der Waals surface area contributed by atoms with Gasteiger partial charge in [-0.3, -0.25) is 0 Å². The Morgan fingerprint density at radius 1 is 0.484 bits per heavy atom. The molecule has 31 heavy (non-hydrogen) atoms. The Balaban J connectivity index is 1.76. The van der Waals surface area contributed by atoms with Crippen molar-refractivity contribution in [1.82, 2.24) is 0 Å². The summed E-state index contributed by atoms with van der Waals surface area (Å²) in [5.41, 5.74) is 0. The third-order valence-corrected chi connectivity index (χ3v) is 15.6. The molecule has 0 amide bonds. The summed E-state index contributed by atoms with van der Waals surface area (Å²) in [6, 6.07) is 44.9. The van der Waals surface area contributed by atoms with Gasteiger partial charge in [-0.2, -0.15) is 0 Å². The highest BCUT2D eigenvalue weighted by Gasteiger charge is 2.55. The van der Waals surface area contributed by atoms with Gasteiger partial charge >= 0.3 is 0 Å². The van der Waals surface area contributed by atoms with Crippen molar-refractivity contribution < 1.29 is 0 Å². The van der Waals surface area contributed by atoms with Crippen LogP contribution in [0.25, 0.3) is 0 Å². The van der Waals surface area contributed by atoms with Crippen LogP contribution >= 0.6 is 37.4 Å². The first kappa shape index (κ1) is 21.3. The zero-order valence-corrected chi connectivity index (χ0v) is 20.8. The van der Waals surface area contributed by atoms with Crippen LogP contribution in [0.4, 0.5) is 0 Å². The zero-order chi connectivity index (χ0) is 21.1. The second-order valence-corrected chi connectivity index (χ2v) is 16.0. The first-order chi connectivity index (χ1) is 15.3. The van der Waals surface area contributed by atoms with Crippen molar-refractivity contribution in [3.05, 3.63) is 121 Å². The van der Waals surface area contributed by atoms with E-state index < -0.39 is 15.8 Å². The van der Waals surface area contributed by atoms with Gasteiger partial charge in [0.25, 0.3) is 0 Å². The third-order valence-electron chi connectivity index (χ3n) is 5.60. The monoisotopic (exact) mass is 474 g/mol. The second-order valence-electron chi connectivity index (χ2n) is 7.63. The number of hydrogen-bond acceptors (Lipinski definition) is 2. The molecule has 0 bridgehead atoms. The van der Waals surface area contributed by atoms with Crippen molar-refractivity contribution in [2.75, 3.05) is 0 Å². The summed E-state index contributed by atoms with van der Waals surface area (Å²) in [4.78, 5) is 0.116. The molecule has 0 spiro atoms. The lowest BCUT2D eigenvalue weighted by atomic mass is 10.4. The molecule has 154 valence electrons. The minimum absolute atomic E-state index is 0.116. The topological polar surface area (TPSA) is 0 Å². The Morgan fingerprint density at radius 3 is 0.968 bits per heavy atom. The zero-order valence-electron chi connectivity index (χ0n) is 17.3. The van der Waals surface area contributed by atoms with Gasteiger partial charge in [0.15, 0.2) is 0 Å². The van der Waals surface area contributed by atoms with Crippen LogP contribution in [0.1, 0.15) is 6.92 Å². The summed E-state index contributed by atoms with van der Waals surface area (Å²) < 4.78 is 0.588. The van der Waals surface area contributed by atoms with Gasteiger partial charge in [0.2, 0.25) is 0 Å². The van der Waals surface area contributed by atoms with E-state index in [1.165, 1.54) is 21.2 Å².